The number of pyridine rings is 1. The fourth-order valence-corrected chi connectivity index (χ4v) is 6.63. The van der Waals surface area contributed by atoms with Gasteiger partial charge in [-0.3, -0.25) is 14.7 Å². The van der Waals surface area contributed by atoms with Crippen LogP contribution in [-0.4, -0.2) is 41.7 Å². The number of aromatic nitrogens is 2. The third kappa shape index (κ3) is 4.95. The maximum Gasteiger partial charge on any atom is 0.243 e. The number of rotatable bonds is 6. The summed E-state index contributed by atoms with van der Waals surface area (Å²) in [5, 5.41) is 0.600. The van der Waals surface area contributed by atoms with Gasteiger partial charge in [0.1, 0.15) is 5.82 Å². The summed E-state index contributed by atoms with van der Waals surface area (Å²) in [6.45, 7) is 0.717. The Morgan fingerprint density at radius 1 is 1.03 bits per heavy atom. The van der Waals surface area contributed by atoms with Crippen LogP contribution in [0.2, 0.25) is 0 Å². The zero-order valence-corrected chi connectivity index (χ0v) is 20.4. The third-order valence-corrected chi connectivity index (χ3v) is 9.05. The molecule has 5 rings (SSSR count). The quantitative estimate of drug-likeness (QED) is 0.382. The van der Waals surface area contributed by atoms with E-state index in [-0.39, 0.29) is 36.4 Å². The topological polar surface area (TPSA) is 83.5 Å². The maximum atomic E-state index is 13.7. The Labute approximate surface area is 206 Å². The zero-order valence-electron chi connectivity index (χ0n) is 18.7. The Kier molecular flexibility index (Phi) is 6.59. The maximum absolute atomic E-state index is 13.7. The highest BCUT2D eigenvalue weighted by atomic mass is 32.2. The molecule has 0 spiro atoms. The number of carbonyl (C=O) groups excluding carboxylic acids is 1. The number of piperidine rings is 1. The number of anilines is 1. The zero-order chi connectivity index (χ0) is 24.4. The van der Waals surface area contributed by atoms with Gasteiger partial charge in [-0.25, -0.2) is 17.8 Å². The molecule has 0 unspecified atom stereocenters. The molecular weight excluding hydrogens is 487 g/mol. The molecule has 0 aliphatic carbocycles. The fraction of sp³-hybridized carbons (Fsp3) is 0.240. The summed E-state index contributed by atoms with van der Waals surface area (Å²) in [6, 6.07) is 18.1. The molecule has 3 heterocycles. The van der Waals surface area contributed by atoms with Crippen LogP contribution in [0.1, 0.15) is 18.5 Å². The van der Waals surface area contributed by atoms with Crippen molar-refractivity contribution in [3.05, 3.63) is 84.4 Å². The molecule has 2 aromatic heterocycles. The van der Waals surface area contributed by atoms with Gasteiger partial charge in [0.15, 0.2) is 5.13 Å². The lowest BCUT2D eigenvalue weighted by Gasteiger charge is -2.33. The summed E-state index contributed by atoms with van der Waals surface area (Å²) in [5.74, 6) is -0.921. The Bertz CT molecular complexity index is 1400. The van der Waals surface area contributed by atoms with Gasteiger partial charge < -0.3 is 0 Å². The first kappa shape index (κ1) is 23.5. The average Bonchev–Trinajstić information content (AvgIpc) is 3.32. The van der Waals surface area contributed by atoms with Gasteiger partial charge in [0.25, 0.3) is 0 Å². The highest BCUT2D eigenvalue weighted by molar-refractivity contribution is 7.89. The van der Waals surface area contributed by atoms with Crippen molar-refractivity contribution in [1.29, 1.82) is 0 Å². The fourth-order valence-electron chi connectivity index (χ4n) is 4.19. The van der Waals surface area contributed by atoms with Crippen molar-refractivity contribution < 1.29 is 17.6 Å². The van der Waals surface area contributed by atoms with E-state index in [0.29, 0.717) is 18.0 Å². The first-order valence-electron chi connectivity index (χ1n) is 11.2. The first-order valence-corrected chi connectivity index (χ1v) is 13.5. The number of amides is 1. The van der Waals surface area contributed by atoms with Crippen LogP contribution in [0.15, 0.2) is 77.8 Å². The van der Waals surface area contributed by atoms with E-state index in [4.69, 9.17) is 0 Å². The van der Waals surface area contributed by atoms with Crippen molar-refractivity contribution in [2.24, 2.45) is 5.92 Å². The second-order valence-corrected chi connectivity index (χ2v) is 11.3. The van der Waals surface area contributed by atoms with Crippen LogP contribution in [0.25, 0.3) is 10.2 Å². The van der Waals surface area contributed by atoms with Crippen LogP contribution < -0.4 is 4.90 Å². The number of thiazole rings is 1. The van der Waals surface area contributed by atoms with E-state index in [1.165, 1.54) is 27.8 Å². The lowest BCUT2D eigenvalue weighted by atomic mass is 9.96. The van der Waals surface area contributed by atoms with E-state index in [1.54, 1.807) is 11.1 Å². The molecule has 0 N–H and O–H groups in total. The minimum Gasteiger partial charge on any atom is -0.282 e. The first-order chi connectivity index (χ1) is 16.9. The van der Waals surface area contributed by atoms with Crippen molar-refractivity contribution in [2.45, 2.75) is 24.3 Å². The average molecular weight is 511 g/mol. The van der Waals surface area contributed by atoms with Gasteiger partial charge in [0, 0.05) is 25.2 Å². The van der Waals surface area contributed by atoms with Crippen LogP contribution >= 0.6 is 11.3 Å². The molecule has 0 saturated carbocycles. The van der Waals surface area contributed by atoms with Crippen molar-refractivity contribution in [3.63, 3.8) is 0 Å². The number of nitrogens with zero attached hydrogens (tertiary/aromatic N) is 4. The summed E-state index contributed by atoms with van der Waals surface area (Å²) in [7, 11) is -3.74. The summed E-state index contributed by atoms with van der Waals surface area (Å²) in [4.78, 5) is 24.5. The minimum atomic E-state index is -3.74. The van der Waals surface area contributed by atoms with Crippen molar-refractivity contribution >= 4 is 42.6 Å². The molecule has 10 heteroatoms. The van der Waals surface area contributed by atoms with Crippen LogP contribution in [0.5, 0.6) is 0 Å². The Hall–Kier alpha value is -3.21. The van der Waals surface area contributed by atoms with E-state index in [1.807, 2.05) is 42.5 Å². The summed E-state index contributed by atoms with van der Waals surface area (Å²) in [6.07, 6.45) is 2.47. The molecule has 1 saturated heterocycles. The minimum absolute atomic E-state index is 0.0509. The van der Waals surface area contributed by atoms with Gasteiger partial charge in [0.2, 0.25) is 15.9 Å². The molecule has 4 aromatic rings. The number of carbonyl (C=O) groups is 1. The van der Waals surface area contributed by atoms with Crippen LogP contribution in [0.4, 0.5) is 9.52 Å². The van der Waals surface area contributed by atoms with Crippen LogP contribution in [0, 0.1) is 11.7 Å². The van der Waals surface area contributed by atoms with Gasteiger partial charge in [0.05, 0.1) is 27.4 Å². The van der Waals surface area contributed by atoms with Gasteiger partial charge in [-0.15, -0.1) is 0 Å². The standard InChI is InChI=1S/C25H23FN4O3S2/c26-19-8-10-21(11-9-19)35(32,33)29-15-12-18(13-16-29)24(31)30(17-20-5-3-4-14-27-20)25-28-22-6-1-2-7-23(22)34-25/h1-11,14,18H,12-13,15-17H2. The Balaban J connectivity index is 1.35. The summed E-state index contributed by atoms with van der Waals surface area (Å²) in [5.41, 5.74) is 1.57. The normalized spacial score (nSPS) is 15.3. The molecule has 35 heavy (non-hydrogen) atoms. The number of fused-ring (bicyclic) bond motifs is 1. The number of halogens is 1. The van der Waals surface area contributed by atoms with Crippen LogP contribution in [-0.2, 0) is 21.4 Å². The van der Waals surface area contributed by atoms with E-state index in [0.717, 1.165) is 28.0 Å². The molecule has 1 aliphatic heterocycles. The van der Waals surface area contributed by atoms with Crippen molar-refractivity contribution in [1.82, 2.24) is 14.3 Å². The predicted molar refractivity (Wildman–Crippen MR) is 133 cm³/mol. The lowest BCUT2D eigenvalue weighted by molar-refractivity contribution is -0.123. The second-order valence-electron chi connectivity index (χ2n) is 8.34. The number of hydrogen-bond acceptors (Lipinski definition) is 6. The largest absolute Gasteiger partial charge is 0.282 e. The summed E-state index contributed by atoms with van der Waals surface area (Å²) < 4.78 is 41.5. The molecule has 0 atom stereocenters. The summed E-state index contributed by atoms with van der Waals surface area (Å²) >= 11 is 1.45. The number of sulfonamides is 1. The van der Waals surface area contributed by atoms with E-state index in [9.17, 15) is 17.6 Å². The molecule has 1 aliphatic rings. The molecule has 0 bridgehead atoms. The van der Waals surface area contributed by atoms with Gasteiger partial charge in [-0.05, 0) is 61.4 Å². The lowest BCUT2D eigenvalue weighted by Crippen LogP contribution is -2.44. The molecule has 1 amide bonds. The molecular formula is C25H23FN4O3S2. The number of benzene rings is 2. The smallest absolute Gasteiger partial charge is 0.243 e. The van der Waals surface area contributed by atoms with Crippen molar-refractivity contribution in [3.8, 4) is 0 Å². The predicted octanol–water partition coefficient (Wildman–Crippen LogP) is 4.46. The second kappa shape index (κ2) is 9.80. The monoisotopic (exact) mass is 510 g/mol. The highest BCUT2D eigenvalue weighted by Gasteiger charge is 2.35. The van der Waals surface area contributed by atoms with Gasteiger partial charge in [-0.1, -0.05) is 29.5 Å². The SMILES string of the molecule is O=C(C1CCN(S(=O)(=O)c2ccc(F)cc2)CC1)N(Cc1ccccn1)c1nc2ccccc2s1. The van der Waals surface area contributed by atoms with E-state index in [2.05, 4.69) is 9.97 Å². The van der Waals surface area contributed by atoms with Crippen LogP contribution in [0.3, 0.4) is 0 Å². The molecule has 7 nitrogen and oxygen atoms in total. The Morgan fingerprint density at radius 2 is 1.74 bits per heavy atom. The number of hydrogen-bond donors (Lipinski definition) is 0. The van der Waals surface area contributed by atoms with E-state index < -0.39 is 15.8 Å². The Morgan fingerprint density at radius 3 is 2.43 bits per heavy atom. The van der Waals surface area contributed by atoms with E-state index >= 15 is 0 Å². The molecule has 1 fully saturated rings. The van der Waals surface area contributed by atoms with Gasteiger partial charge in [-0.2, -0.15) is 4.31 Å². The highest BCUT2D eigenvalue weighted by Crippen LogP contribution is 2.32. The third-order valence-electron chi connectivity index (χ3n) is 6.08. The molecule has 2 aromatic carbocycles. The molecule has 0 radical (unpaired) electrons. The number of para-hydroxylation sites is 1. The molecule has 180 valence electrons. The van der Waals surface area contributed by atoms with Crippen molar-refractivity contribution in [2.75, 3.05) is 18.0 Å². The van der Waals surface area contributed by atoms with Gasteiger partial charge >= 0.3 is 0 Å².